The molecule has 18 heavy (non-hydrogen) atoms. The van der Waals surface area contributed by atoms with Gasteiger partial charge in [0.05, 0.1) is 6.10 Å². The van der Waals surface area contributed by atoms with Crippen molar-refractivity contribution in [1.82, 2.24) is 9.97 Å². The zero-order valence-corrected chi connectivity index (χ0v) is 11.5. The van der Waals surface area contributed by atoms with Crippen molar-refractivity contribution in [2.45, 2.75) is 39.3 Å². The maximum Gasteiger partial charge on any atom is 0.224 e. The van der Waals surface area contributed by atoms with Gasteiger partial charge in [-0.2, -0.15) is 4.98 Å². The van der Waals surface area contributed by atoms with Crippen LogP contribution in [-0.4, -0.2) is 35.8 Å². The van der Waals surface area contributed by atoms with E-state index < -0.39 is 0 Å². The van der Waals surface area contributed by atoms with Crippen LogP contribution in [0.1, 0.15) is 27.2 Å². The zero-order chi connectivity index (χ0) is 13.2. The van der Waals surface area contributed by atoms with Crippen LogP contribution in [0.2, 0.25) is 0 Å². The van der Waals surface area contributed by atoms with Gasteiger partial charge >= 0.3 is 0 Å². The van der Waals surface area contributed by atoms with Crippen LogP contribution in [0.15, 0.2) is 12.3 Å². The third-order valence-corrected chi connectivity index (χ3v) is 3.75. The van der Waals surface area contributed by atoms with Crippen LogP contribution in [0, 0.1) is 5.41 Å². The number of aromatic nitrogens is 2. The van der Waals surface area contributed by atoms with Crippen LogP contribution < -0.4 is 10.6 Å². The highest BCUT2D eigenvalue weighted by molar-refractivity contribution is 5.41. The van der Waals surface area contributed by atoms with Crippen LogP contribution in [0.25, 0.3) is 0 Å². The van der Waals surface area contributed by atoms with Gasteiger partial charge in [0.2, 0.25) is 5.95 Å². The maximum atomic E-state index is 5.72. The van der Waals surface area contributed by atoms with Crippen LogP contribution >= 0.6 is 0 Å². The van der Waals surface area contributed by atoms with Gasteiger partial charge < -0.3 is 15.4 Å². The second-order valence-electron chi connectivity index (χ2n) is 5.21. The quantitative estimate of drug-likeness (QED) is 0.838. The van der Waals surface area contributed by atoms with Crippen molar-refractivity contribution in [1.29, 1.82) is 0 Å². The summed E-state index contributed by atoms with van der Waals surface area (Å²) in [6.07, 6.45) is 3.12. The fourth-order valence-corrected chi connectivity index (χ4v) is 2.35. The third-order valence-electron chi connectivity index (χ3n) is 3.75. The highest BCUT2D eigenvalue weighted by Gasteiger charge is 2.49. The summed E-state index contributed by atoms with van der Waals surface area (Å²) in [5.41, 5.74) is 0.140. The fraction of sp³-hybridized carbons (Fsp3) is 0.692. The molecule has 1 aromatic heterocycles. The predicted molar refractivity (Wildman–Crippen MR) is 72.8 cm³/mol. The molecular formula is C13H22N4O. The van der Waals surface area contributed by atoms with E-state index >= 15 is 0 Å². The van der Waals surface area contributed by atoms with Crippen molar-refractivity contribution in [2.75, 3.05) is 24.3 Å². The Morgan fingerprint density at radius 1 is 1.50 bits per heavy atom. The molecule has 100 valence electrons. The summed E-state index contributed by atoms with van der Waals surface area (Å²) in [5, 5.41) is 6.40. The fourth-order valence-electron chi connectivity index (χ4n) is 2.35. The number of nitrogens with zero attached hydrogens (tertiary/aromatic N) is 2. The van der Waals surface area contributed by atoms with Gasteiger partial charge in [0.15, 0.2) is 0 Å². The second-order valence-corrected chi connectivity index (χ2v) is 5.21. The summed E-state index contributed by atoms with van der Waals surface area (Å²) in [6.45, 7) is 7.28. The lowest BCUT2D eigenvalue weighted by Crippen LogP contribution is -2.58. The van der Waals surface area contributed by atoms with E-state index in [1.165, 1.54) is 0 Å². The van der Waals surface area contributed by atoms with E-state index in [4.69, 9.17) is 4.74 Å². The summed E-state index contributed by atoms with van der Waals surface area (Å²) in [5.74, 6) is 1.50. The third kappa shape index (κ3) is 2.41. The Morgan fingerprint density at radius 3 is 2.89 bits per heavy atom. The molecule has 1 heterocycles. The summed E-state index contributed by atoms with van der Waals surface area (Å²) < 4.78 is 5.72. The highest BCUT2D eigenvalue weighted by atomic mass is 16.5. The summed E-state index contributed by atoms with van der Waals surface area (Å²) >= 11 is 0. The summed E-state index contributed by atoms with van der Waals surface area (Å²) in [4.78, 5) is 8.48. The molecule has 2 N–H and O–H groups in total. The van der Waals surface area contributed by atoms with Gasteiger partial charge in [-0.25, -0.2) is 4.98 Å². The Labute approximate surface area is 108 Å². The smallest absolute Gasteiger partial charge is 0.224 e. The molecule has 2 unspecified atom stereocenters. The number of nitrogens with one attached hydrogen (secondary N) is 2. The first-order chi connectivity index (χ1) is 8.57. The molecule has 0 saturated heterocycles. The SMILES string of the molecule is CCOC1CC(Nc2ccnc(NC)n2)C1(C)C. The molecule has 0 aliphatic heterocycles. The van der Waals surface area contributed by atoms with Gasteiger partial charge in [0, 0.05) is 31.3 Å². The van der Waals surface area contributed by atoms with Gasteiger partial charge in [-0.3, -0.25) is 0 Å². The van der Waals surface area contributed by atoms with E-state index in [0.29, 0.717) is 18.1 Å². The van der Waals surface area contributed by atoms with Crippen LogP contribution in [-0.2, 0) is 4.74 Å². The molecule has 1 aliphatic rings. The average Bonchev–Trinajstić information content (AvgIpc) is 2.38. The van der Waals surface area contributed by atoms with E-state index in [0.717, 1.165) is 18.8 Å². The Kier molecular flexibility index (Phi) is 3.71. The van der Waals surface area contributed by atoms with Crippen molar-refractivity contribution < 1.29 is 4.74 Å². The Morgan fingerprint density at radius 2 is 2.28 bits per heavy atom. The lowest BCUT2D eigenvalue weighted by Gasteiger charge is -2.51. The molecule has 0 amide bonds. The van der Waals surface area contributed by atoms with Crippen molar-refractivity contribution >= 4 is 11.8 Å². The Balaban J connectivity index is 1.98. The highest BCUT2D eigenvalue weighted by Crippen LogP contribution is 2.44. The van der Waals surface area contributed by atoms with Gasteiger partial charge in [-0.1, -0.05) is 13.8 Å². The first-order valence-electron chi connectivity index (χ1n) is 6.47. The molecule has 1 fully saturated rings. The molecule has 5 nitrogen and oxygen atoms in total. The van der Waals surface area contributed by atoms with Crippen molar-refractivity contribution in [3.8, 4) is 0 Å². The van der Waals surface area contributed by atoms with E-state index in [1.54, 1.807) is 6.20 Å². The lowest BCUT2D eigenvalue weighted by molar-refractivity contribution is -0.0976. The average molecular weight is 250 g/mol. The standard InChI is InChI=1S/C13H22N4O/c1-5-18-10-8-9(13(10,2)3)16-11-6-7-15-12(14-4)17-11/h6-7,9-10H,5,8H2,1-4H3,(H2,14,15,16,17). The molecule has 5 heteroatoms. The minimum Gasteiger partial charge on any atom is -0.378 e. The number of anilines is 2. The summed E-state index contributed by atoms with van der Waals surface area (Å²) in [7, 11) is 1.82. The van der Waals surface area contributed by atoms with E-state index in [1.807, 2.05) is 20.0 Å². The molecule has 1 saturated carbocycles. The Bertz CT molecular complexity index is 408. The number of ether oxygens (including phenoxy) is 1. The van der Waals surface area contributed by atoms with Gasteiger partial charge in [-0.05, 0) is 19.4 Å². The van der Waals surface area contributed by atoms with E-state index in [-0.39, 0.29) is 5.41 Å². The molecule has 1 aromatic rings. The predicted octanol–water partition coefficient (Wildman–Crippen LogP) is 2.13. The van der Waals surface area contributed by atoms with Gasteiger partial charge in [-0.15, -0.1) is 0 Å². The first kappa shape index (κ1) is 13.1. The lowest BCUT2D eigenvalue weighted by atomic mass is 9.64. The van der Waals surface area contributed by atoms with Gasteiger partial charge in [0.1, 0.15) is 5.82 Å². The minimum atomic E-state index is 0.140. The normalized spacial score (nSPS) is 25.3. The zero-order valence-electron chi connectivity index (χ0n) is 11.5. The molecule has 0 radical (unpaired) electrons. The second kappa shape index (κ2) is 5.10. The van der Waals surface area contributed by atoms with Crippen LogP contribution in [0.4, 0.5) is 11.8 Å². The van der Waals surface area contributed by atoms with Crippen molar-refractivity contribution in [3.05, 3.63) is 12.3 Å². The molecule has 1 aliphatic carbocycles. The molecule has 0 spiro atoms. The number of hydrogen-bond donors (Lipinski definition) is 2. The largest absolute Gasteiger partial charge is 0.378 e. The van der Waals surface area contributed by atoms with Crippen LogP contribution in [0.3, 0.4) is 0 Å². The molecule has 0 bridgehead atoms. The first-order valence-corrected chi connectivity index (χ1v) is 6.47. The number of hydrogen-bond acceptors (Lipinski definition) is 5. The van der Waals surface area contributed by atoms with Crippen LogP contribution in [0.5, 0.6) is 0 Å². The molecule has 2 atom stereocenters. The minimum absolute atomic E-state index is 0.140. The molecule has 0 aromatic carbocycles. The van der Waals surface area contributed by atoms with E-state index in [9.17, 15) is 0 Å². The topological polar surface area (TPSA) is 59.1 Å². The van der Waals surface area contributed by atoms with E-state index in [2.05, 4.69) is 34.4 Å². The van der Waals surface area contributed by atoms with Crippen molar-refractivity contribution in [3.63, 3.8) is 0 Å². The maximum absolute atomic E-state index is 5.72. The van der Waals surface area contributed by atoms with Gasteiger partial charge in [0.25, 0.3) is 0 Å². The molecular weight excluding hydrogens is 228 g/mol. The van der Waals surface area contributed by atoms with Crippen molar-refractivity contribution in [2.24, 2.45) is 5.41 Å². The number of rotatable bonds is 5. The monoisotopic (exact) mass is 250 g/mol. The Hall–Kier alpha value is -1.36. The summed E-state index contributed by atoms with van der Waals surface area (Å²) in [6, 6.07) is 2.29. The molecule has 2 rings (SSSR count).